The van der Waals surface area contributed by atoms with Gasteiger partial charge in [0.1, 0.15) is 5.82 Å². The van der Waals surface area contributed by atoms with Crippen LogP contribution in [0.3, 0.4) is 0 Å². The average molecular weight is 302 g/mol. The fraction of sp³-hybridized carbons (Fsp3) is 0.562. The van der Waals surface area contributed by atoms with E-state index >= 15 is 0 Å². The van der Waals surface area contributed by atoms with Crippen LogP contribution < -0.4 is 5.32 Å². The van der Waals surface area contributed by atoms with Crippen molar-refractivity contribution in [1.29, 1.82) is 0 Å². The van der Waals surface area contributed by atoms with Gasteiger partial charge in [0.2, 0.25) is 5.76 Å². The minimum Gasteiger partial charge on any atom is -0.351 e. The van der Waals surface area contributed by atoms with Crippen LogP contribution in [0.5, 0.6) is 0 Å². The van der Waals surface area contributed by atoms with Crippen LogP contribution in [0.2, 0.25) is 0 Å². The molecule has 1 atom stereocenters. The second-order valence-electron chi connectivity index (χ2n) is 6.47. The minimum absolute atomic E-state index is 0.0638. The van der Waals surface area contributed by atoms with E-state index in [-0.39, 0.29) is 17.7 Å². The summed E-state index contributed by atoms with van der Waals surface area (Å²) in [6.45, 7) is 4.22. The minimum atomic E-state index is -0.220. The maximum absolute atomic E-state index is 12.4. The van der Waals surface area contributed by atoms with E-state index in [1.807, 2.05) is 17.8 Å². The van der Waals surface area contributed by atoms with Crippen molar-refractivity contribution in [2.75, 3.05) is 0 Å². The zero-order valence-electron chi connectivity index (χ0n) is 13.2. The Morgan fingerprint density at radius 3 is 2.86 bits per heavy atom. The molecule has 2 aromatic rings. The van der Waals surface area contributed by atoms with Crippen molar-refractivity contribution in [1.82, 2.24) is 20.0 Å². The third kappa shape index (κ3) is 3.21. The molecule has 0 spiro atoms. The van der Waals surface area contributed by atoms with Gasteiger partial charge in [-0.25, -0.2) is 4.98 Å². The van der Waals surface area contributed by atoms with Gasteiger partial charge in [-0.2, -0.15) is 0 Å². The van der Waals surface area contributed by atoms with Gasteiger partial charge in [0.15, 0.2) is 0 Å². The summed E-state index contributed by atoms with van der Waals surface area (Å²) in [4.78, 5) is 16.8. The lowest BCUT2D eigenvalue weighted by Gasteiger charge is -2.17. The highest BCUT2D eigenvalue weighted by Crippen LogP contribution is 2.40. The summed E-state index contributed by atoms with van der Waals surface area (Å²) in [6, 6.07) is 1.67. The number of carbonyl (C=O) groups is 1. The van der Waals surface area contributed by atoms with Gasteiger partial charge < -0.3 is 14.4 Å². The number of nitrogens with zero attached hydrogens (tertiary/aromatic N) is 3. The van der Waals surface area contributed by atoms with Crippen molar-refractivity contribution >= 4 is 5.91 Å². The Balaban J connectivity index is 1.72. The Kier molecular flexibility index (Phi) is 4.00. The molecule has 1 amide bonds. The van der Waals surface area contributed by atoms with E-state index < -0.39 is 0 Å². The summed E-state index contributed by atoms with van der Waals surface area (Å²) < 4.78 is 7.14. The Bertz CT molecular complexity index is 655. The van der Waals surface area contributed by atoms with Gasteiger partial charge in [-0.3, -0.25) is 4.79 Å². The van der Waals surface area contributed by atoms with Crippen LogP contribution in [-0.2, 0) is 13.5 Å². The molecule has 0 aliphatic heterocycles. The number of imidazole rings is 1. The first kappa shape index (κ1) is 14.8. The van der Waals surface area contributed by atoms with Crippen molar-refractivity contribution in [2.45, 2.75) is 39.2 Å². The molecular weight excluding hydrogens is 280 g/mol. The smallest absolute Gasteiger partial charge is 0.290 e. The Morgan fingerprint density at radius 2 is 2.27 bits per heavy atom. The molecule has 1 aliphatic carbocycles. The van der Waals surface area contributed by atoms with E-state index in [9.17, 15) is 4.79 Å². The zero-order valence-corrected chi connectivity index (χ0v) is 13.2. The van der Waals surface area contributed by atoms with E-state index in [1.165, 1.54) is 0 Å². The SMILES string of the molecule is CC(C)Cc1cc(C(=O)N[C@H](c2nccn2C)C2CC2)on1. The van der Waals surface area contributed by atoms with Gasteiger partial charge in [0.25, 0.3) is 5.91 Å². The van der Waals surface area contributed by atoms with Crippen LogP contribution in [-0.4, -0.2) is 20.6 Å². The molecule has 22 heavy (non-hydrogen) atoms. The Hall–Kier alpha value is -2.11. The second-order valence-corrected chi connectivity index (χ2v) is 6.47. The molecule has 0 radical (unpaired) electrons. The Morgan fingerprint density at radius 1 is 1.50 bits per heavy atom. The van der Waals surface area contributed by atoms with Crippen molar-refractivity contribution in [3.05, 3.63) is 35.7 Å². The zero-order chi connectivity index (χ0) is 15.7. The van der Waals surface area contributed by atoms with Crippen LogP contribution in [0.15, 0.2) is 23.0 Å². The molecule has 1 fully saturated rings. The van der Waals surface area contributed by atoms with Crippen LogP contribution in [0.25, 0.3) is 0 Å². The summed E-state index contributed by atoms with van der Waals surface area (Å²) in [5.41, 5.74) is 0.820. The van der Waals surface area contributed by atoms with Gasteiger partial charge in [0.05, 0.1) is 11.7 Å². The van der Waals surface area contributed by atoms with E-state index in [1.54, 1.807) is 12.3 Å². The monoisotopic (exact) mass is 302 g/mol. The maximum Gasteiger partial charge on any atom is 0.290 e. The van der Waals surface area contributed by atoms with Crippen molar-refractivity contribution < 1.29 is 9.32 Å². The predicted octanol–water partition coefficient (Wildman–Crippen LogP) is 2.49. The Labute approximate surface area is 129 Å². The van der Waals surface area contributed by atoms with Crippen LogP contribution in [0.1, 0.15) is 54.8 Å². The lowest BCUT2D eigenvalue weighted by Crippen LogP contribution is -2.31. The molecule has 6 nitrogen and oxygen atoms in total. The average Bonchev–Trinajstić information content (AvgIpc) is 3.05. The number of amides is 1. The van der Waals surface area contributed by atoms with Crippen LogP contribution in [0, 0.1) is 11.8 Å². The molecule has 1 aliphatic rings. The number of hydrogen-bond donors (Lipinski definition) is 1. The van der Waals surface area contributed by atoms with E-state index in [2.05, 4.69) is 29.3 Å². The first-order chi connectivity index (χ1) is 10.5. The fourth-order valence-corrected chi connectivity index (χ4v) is 2.65. The summed E-state index contributed by atoms with van der Waals surface area (Å²) >= 11 is 0. The normalized spacial score (nSPS) is 16.0. The molecule has 2 heterocycles. The summed E-state index contributed by atoms with van der Waals surface area (Å²) in [5.74, 6) is 1.88. The van der Waals surface area contributed by atoms with E-state index in [0.717, 1.165) is 30.8 Å². The van der Waals surface area contributed by atoms with Gasteiger partial charge in [-0.15, -0.1) is 0 Å². The molecule has 0 unspecified atom stereocenters. The molecular formula is C16H22N4O2. The van der Waals surface area contributed by atoms with Crippen LogP contribution in [0.4, 0.5) is 0 Å². The molecule has 0 bridgehead atoms. The first-order valence-electron chi connectivity index (χ1n) is 7.78. The second kappa shape index (κ2) is 5.94. The number of aryl methyl sites for hydroxylation is 1. The lowest BCUT2D eigenvalue weighted by atomic mass is 10.1. The summed E-state index contributed by atoms with van der Waals surface area (Å²) in [6.07, 6.45) is 6.69. The quantitative estimate of drug-likeness (QED) is 0.889. The lowest BCUT2D eigenvalue weighted by molar-refractivity contribution is 0.0891. The molecule has 2 aromatic heterocycles. The van der Waals surface area contributed by atoms with Crippen LogP contribution >= 0.6 is 0 Å². The first-order valence-corrected chi connectivity index (χ1v) is 7.78. The van der Waals surface area contributed by atoms with E-state index in [4.69, 9.17) is 4.52 Å². The largest absolute Gasteiger partial charge is 0.351 e. The van der Waals surface area contributed by atoms with Crippen molar-refractivity contribution in [3.8, 4) is 0 Å². The van der Waals surface area contributed by atoms with Gasteiger partial charge in [-0.1, -0.05) is 19.0 Å². The molecule has 118 valence electrons. The topological polar surface area (TPSA) is 73.0 Å². The number of rotatable bonds is 6. The van der Waals surface area contributed by atoms with Gasteiger partial charge in [0, 0.05) is 25.5 Å². The highest BCUT2D eigenvalue weighted by atomic mass is 16.5. The third-order valence-corrected chi connectivity index (χ3v) is 3.92. The molecule has 1 saturated carbocycles. The number of carbonyl (C=O) groups excluding carboxylic acids is 1. The van der Waals surface area contributed by atoms with Crippen molar-refractivity contribution in [2.24, 2.45) is 18.9 Å². The summed E-state index contributed by atoms with van der Waals surface area (Å²) in [5, 5.41) is 7.02. The van der Waals surface area contributed by atoms with E-state index in [0.29, 0.717) is 11.8 Å². The fourth-order valence-electron chi connectivity index (χ4n) is 2.65. The molecule has 0 aromatic carbocycles. The molecule has 0 saturated heterocycles. The predicted molar refractivity (Wildman–Crippen MR) is 81.2 cm³/mol. The molecule has 1 N–H and O–H groups in total. The van der Waals surface area contributed by atoms with Gasteiger partial charge in [-0.05, 0) is 31.1 Å². The molecule has 6 heteroatoms. The maximum atomic E-state index is 12.4. The number of aromatic nitrogens is 3. The molecule has 3 rings (SSSR count). The van der Waals surface area contributed by atoms with Gasteiger partial charge >= 0.3 is 0 Å². The third-order valence-electron chi connectivity index (χ3n) is 3.92. The highest BCUT2D eigenvalue weighted by Gasteiger charge is 2.36. The number of hydrogen-bond acceptors (Lipinski definition) is 4. The highest BCUT2D eigenvalue weighted by molar-refractivity contribution is 5.91. The van der Waals surface area contributed by atoms with Crippen molar-refractivity contribution in [3.63, 3.8) is 0 Å². The number of nitrogens with one attached hydrogen (secondary N) is 1. The standard InChI is InChI=1S/C16H22N4O2/c1-10(2)8-12-9-13(22-19-12)16(21)18-14(11-4-5-11)15-17-6-7-20(15)3/h6-7,9-11,14H,4-5,8H2,1-3H3,(H,18,21)/t14-/m0/s1. The summed E-state index contributed by atoms with van der Waals surface area (Å²) in [7, 11) is 1.94.